The fourth-order valence-electron chi connectivity index (χ4n) is 1.96. The molecule has 2 aliphatic rings. The molecule has 132 valence electrons. The highest BCUT2D eigenvalue weighted by Crippen LogP contribution is 2.02. The van der Waals surface area contributed by atoms with Crippen LogP contribution < -0.4 is 0 Å². The largest absolute Gasteiger partial charge is 0.327 e. The summed E-state index contributed by atoms with van der Waals surface area (Å²) in [5.74, 6) is 0. The third-order valence-corrected chi connectivity index (χ3v) is 3.98. The molecule has 0 atom stereocenters. The first-order valence-electron chi connectivity index (χ1n) is 6.66. The Bertz CT molecular complexity index is 301. The van der Waals surface area contributed by atoms with Crippen molar-refractivity contribution in [3.63, 3.8) is 0 Å². The van der Waals surface area contributed by atoms with Gasteiger partial charge >= 0.3 is 10.7 Å². The van der Waals surface area contributed by atoms with Crippen molar-refractivity contribution in [2.45, 2.75) is 0 Å². The van der Waals surface area contributed by atoms with E-state index in [-0.39, 0.29) is 35.5 Å². The average molecular weight is 398 g/mol. The van der Waals surface area contributed by atoms with Crippen LogP contribution in [0.25, 0.3) is 0 Å². The van der Waals surface area contributed by atoms with Gasteiger partial charge in [0.05, 0.1) is 0 Å². The molecule has 6 nitrogen and oxygen atoms in total. The maximum absolute atomic E-state index is 10.6. The minimum Gasteiger partial charge on any atom is -0.327 e. The first-order chi connectivity index (χ1) is 9.40. The van der Waals surface area contributed by atoms with E-state index in [1.165, 1.54) is 0 Å². The molecule has 0 aromatic rings. The molecule has 0 saturated carbocycles. The summed E-state index contributed by atoms with van der Waals surface area (Å²) < 4.78 is 0. The van der Waals surface area contributed by atoms with Crippen LogP contribution in [0.15, 0.2) is 0 Å². The van der Waals surface area contributed by atoms with Crippen molar-refractivity contribution in [1.82, 2.24) is 19.6 Å². The summed E-state index contributed by atoms with van der Waals surface area (Å²) in [5.41, 5.74) is 0. The molecule has 2 fully saturated rings. The number of amides is 2. The van der Waals surface area contributed by atoms with Crippen LogP contribution in [-0.4, -0.2) is 96.8 Å². The highest BCUT2D eigenvalue weighted by atomic mass is 35.5. The van der Waals surface area contributed by atoms with Crippen LogP contribution in [0.1, 0.15) is 0 Å². The molecule has 0 spiro atoms. The predicted octanol–water partition coefficient (Wildman–Crippen LogP) is 2.03. The van der Waals surface area contributed by atoms with Crippen molar-refractivity contribution in [3.8, 4) is 0 Å². The van der Waals surface area contributed by atoms with Crippen LogP contribution in [-0.2, 0) is 0 Å². The lowest BCUT2D eigenvalue weighted by Gasteiger charge is -2.30. The molecule has 2 heterocycles. The van der Waals surface area contributed by atoms with E-state index in [1.54, 1.807) is 9.80 Å². The van der Waals surface area contributed by atoms with Gasteiger partial charge in [-0.25, -0.2) is 0 Å². The molecule has 0 N–H and O–H groups in total. The summed E-state index contributed by atoms with van der Waals surface area (Å²) in [5, 5.41) is -0.652. The Kier molecular flexibility index (Phi) is 13.7. The summed E-state index contributed by atoms with van der Waals surface area (Å²) in [4.78, 5) is 28.8. The summed E-state index contributed by atoms with van der Waals surface area (Å²) in [6, 6.07) is 0. The van der Waals surface area contributed by atoms with Crippen molar-refractivity contribution >= 4 is 58.7 Å². The molecule has 0 bridgehead atoms. The minimum atomic E-state index is -0.326. The van der Waals surface area contributed by atoms with Gasteiger partial charge in [-0.2, -0.15) is 0 Å². The molecule has 0 aromatic carbocycles. The van der Waals surface area contributed by atoms with Gasteiger partial charge in [-0.05, 0) is 37.3 Å². The molecule has 0 radical (unpaired) electrons. The molecular formula is C12H24Cl4N4O2. The van der Waals surface area contributed by atoms with Crippen molar-refractivity contribution in [2.75, 3.05) is 66.5 Å². The Balaban J connectivity index is 0. The maximum Gasteiger partial charge on any atom is 0.316 e. The second-order valence-electron chi connectivity index (χ2n) is 5.09. The number of hydrogen-bond donors (Lipinski definition) is 0. The van der Waals surface area contributed by atoms with Crippen LogP contribution in [0, 0.1) is 0 Å². The molecule has 0 aromatic heterocycles. The molecule has 10 heteroatoms. The number of carbonyl (C=O) groups excluding carboxylic acids is 2. The van der Waals surface area contributed by atoms with Gasteiger partial charge in [0.1, 0.15) is 0 Å². The summed E-state index contributed by atoms with van der Waals surface area (Å²) in [6.45, 7) is 6.77. The summed E-state index contributed by atoms with van der Waals surface area (Å²) in [7, 11) is 4.08. The van der Waals surface area contributed by atoms with Gasteiger partial charge in [0.25, 0.3) is 0 Å². The van der Waals surface area contributed by atoms with Crippen LogP contribution in [0.2, 0.25) is 0 Å². The van der Waals surface area contributed by atoms with Crippen molar-refractivity contribution in [3.05, 3.63) is 0 Å². The van der Waals surface area contributed by atoms with E-state index < -0.39 is 0 Å². The topological polar surface area (TPSA) is 47.1 Å². The van der Waals surface area contributed by atoms with Crippen LogP contribution in [0.3, 0.4) is 0 Å². The van der Waals surface area contributed by atoms with Gasteiger partial charge in [0, 0.05) is 52.4 Å². The molecule has 2 saturated heterocycles. The first-order valence-corrected chi connectivity index (χ1v) is 7.41. The maximum atomic E-state index is 10.6. The normalized spacial score (nSPS) is 19.3. The quantitative estimate of drug-likeness (QED) is 0.463. The Morgan fingerprint density at radius 3 is 1.05 bits per heavy atom. The lowest BCUT2D eigenvalue weighted by atomic mass is 10.4. The fourth-order valence-corrected chi connectivity index (χ4v) is 2.30. The van der Waals surface area contributed by atoms with Gasteiger partial charge < -0.3 is 19.6 Å². The van der Waals surface area contributed by atoms with Crippen molar-refractivity contribution in [2.24, 2.45) is 0 Å². The summed E-state index contributed by atoms with van der Waals surface area (Å²) >= 11 is 10.5. The number of hydrogen-bond acceptors (Lipinski definition) is 4. The molecule has 2 rings (SSSR count). The smallest absolute Gasteiger partial charge is 0.316 e. The number of piperazine rings is 2. The number of rotatable bonds is 0. The van der Waals surface area contributed by atoms with Crippen molar-refractivity contribution in [1.29, 1.82) is 0 Å². The molecular weight excluding hydrogens is 374 g/mol. The summed E-state index contributed by atoms with van der Waals surface area (Å²) in [6.07, 6.45) is 0. The Morgan fingerprint density at radius 2 is 0.864 bits per heavy atom. The highest BCUT2D eigenvalue weighted by Gasteiger charge is 2.17. The van der Waals surface area contributed by atoms with E-state index in [2.05, 4.69) is 9.80 Å². The molecule has 2 amide bonds. The average Bonchev–Trinajstić information content (AvgIpc) is 2.40. The zero-order valence-electron chi connectivity index (χ0n) is 12.8. The lowest BCUT2D eigenvalue weighted by Crippen LogP contribution is -2.45. The Hall–Kier alpha value is 0.0200. The molecule has 0 unspecified atom stereocenters. The predicted molar refractivity (Wildman–Crippen MR) is 95.1 cm³/mol. The lowest BCUT2D eigenvalue weighted by molar-refractivity contribution is 0.171. The van der Waals surface area contributed by atoms with Crippen molar-refractivity contribution < 1.29 is 9.59 Å². The SMILES string of the molecule is CN1CCN(C(=O)Cl)CC1.CN1CCN(C(=O)Cl)CC1.Cl.Cl. The monoisotopic (exact) mass is 396 g/mol. The number of halogens is 4. The number of likely N-dealkylation sites (N-methyl/N-ethyl adjacent to an activating group) is 2. The molecule has 0 aliphatic carbocycles. The van der Waals surface area contributed by atoms with E-state index in [0.29, 0.717) is 0 Å². The Labute approximate surface area is 154 Å². The van der Waals surface area contributed by atoms with Crippen LogP contribution in [0.4, 0.5) is 9.59 Å². The van der Waals surface area contributed by atoms with Crippen LogP contribution >= 0.6 is 48.0 Å². The third kappa shape index (κ3) is 9.22. The Morgan fingerprint density at radius 1 is 0.636 bits per heavy atom. The van der Waals surface area contributed by atoms with E-state index in [9.17, 15) is 9.59 Å². The number of carbonyl (C=O) groups is 2. The second kappa shape index (κ2) is 12.4. The van der Waals surface area contributed by atoms with Gasteiger partial charge in [-0.1, -0.05) is 0 Å². The highest BCUT2D eigenvalue weighted by molar-refractivity contribution is 6.63. The fraction of sp³-hybridized carbons (Fsp3) is 0.833. The standard InChI is InChI=1S/2C6H11ClN2O.2ClH/c2*1-8-2-4-9(5-3-8)6(7)10;;/h2*2-5H2,1H3;2*1H. The van der Waals surface area contributed by atoms with E-state index in [1.807, 2.05) is 14.1 Å². The van der Waals surface area contributed by atoms with E-state index >= 15 is 0 Å². The van der Waals surface area contributed by atoms with Gasteiger partial charge in [0.15, 0.2) is 0 Å². The molecule has 22 heavy (non-hydrogen) atoms. The van der Waals surface area contributed by atoms with E-state index in [4.69, 9.17) is 23.2 Å². The zero-order valence-corrected chi connectivity index (χ0v) is 16.0. The van der Waals surface area contributed by atoms with Gasteiger partial charge in [-0.3, -0.25) is 9.59 Å². The van der Waals surface area contributed by atoms with Crippen LogP contribution in [0.5, 0.6) is 0 Å². The van der Waals surface area contributed by atoms with Gasteiger partial charge in [0.2, 0.25) is 0 Å². The first kappa shape index (κ1) is 24.3. The number of nitrogens with zero attached hydrogens (tertiary/aromatic N) is 4. The van der Waals surface area contributed by atoms with Gasteiger partial charge in [-0.15, -0.1) is 24.8 Å². The second-order valence-corrected chi connectivity index (χ2v) is 5.73. The molecule has 2 aliphatic heterocycles. The zero-order chi connectivity index (χ0) is 15.1. The minimum absolute atomic E-state index is 0. The third-order valence-electron chi connectivity index (χ3n) is 3.50. The van der Waals surface area contributed by atoms with E-state index in [0.717, 1.165) is 52.4 Å².